The van der Waals surface area contributed by atoms with Gasteiger partial charge in [0, 0.05) is 11.6 Å². The van der Waals surface area contributed by atoms with E-state index in [1.807, 2.05) is 0 Å². The van der Waals surface area contributed by atoms with Crippen molar-refractivity contribution < 1.29 is 19.4 Å². The maximum absolute atomic E-state index is 11.4. The van der Waals surface area contributed by atoms with Gasteiger partial charge in [-0.2, -0.15) is 0 Å². The highest BCUT2D eigenvalue weighted by molar-refractivity contribution is 7.96. The van der Waals surface area contributed by atoms with E-state index >= 15 is 0 Å². The average Bonchev–Trinajstić information content (AvgIpc) is 2.27. The van der Waals surface area contributed by atoms with Crippen molar-refractivity contribution >= 4 is 34.9 Å². The van der Waals surface area contributed by atoms with Crippen LogP contribution in [0.4, 0.5) is 11.4 Å². The van der Waals surface area contributed by atoms with Crippen LogP contribution in [-0.4, -0.2) is 20.7 Å². The largest absolute Gasteiger partial charge is 0.299 e. The fraction of sp³-hybridized carbons (Fsp3) is 0.200. The molecule has 0 saturated carbocycles. The van der Waals surface area contributed by atoms with Crippen molar-refractivity contribution in [3.8, 4) is 0 Å². The molecule has 1 aromatic carbocycles. The zero-order chi connectivity index (χ0) is 14.7. The van der Waals surface area contributed by atoms with E-state index in [0.717, 1.165) is 19.1 Å². The fourth-order valence-corrected chi connectivity index (χ4v) is 1.89. The van der Waals surface area contributed by atoms with E-state index in [1.54, 1.807) is 0 Å². The van der Waals surface area contributed by atoms with Crippen LogP contribution in [0.3, 0.4) is 0 Å². The van der Waals surface area contributed by atoms with Crippen LogP contribution in [0, 0.1) is 20.2 Å². The molecular formula is C10H8N2O6S. The number of Topliss-reactive ketones (excluding diaryl/α,β-unsaturated/α-hetero) is 1. The van der Waals surface area contributed by atoms with Gasteiger partial charge in [0.05, 0.1) is 15.9 Å². The van der Waals surface area contributed by atoms with Crippen molar-refractivity contribution in [3.63, 3.8) is 0 Å². The molecule has 0 aliphatic carbocycles. The maximum Gasteiger partial charge on any atom is 0.280 e. The first-order chi connectivity index (χ1) is 8.75. The van der Waals surface area contributed by atoms with Gasteiger partial charge < -0.3 is 0 Å². The standard InChI is InChI=1S/C10H8N2O6S/c1-5(13)9(10(14)19)7-3-2-6(11(15)16)4-8(7)12(17)18/h2-4,9H,1H3,(H,14,19). The molecule has 8 nitrogen and oxygen atoms in total. The highest BCUT2D eigenvalue weighted by Gasteiger charge is 2.31. The number of rotatable bonds is 5. The lowest BCUT2D eigenvalue weighted by Gasteiger charge is -2.10. The van der Waals surface area contributed by atoms with Crippen LogP contribution in [0.15, 0.2) is 18.2 Å². The first-order valence-electron chi connectivity index (χ1n) is 4.91. The van der Waals surface area contributed by atoms with E-state index in [9.17, 15) is 29.8 Å². The minimum absolute atomic E-state index is 0.205. The molecule has 0 fully saturated rings. The predicted octanol–water partition coefficient (Wildman–Crippen LogP) is 1.63. The molecule has 0 aromatic heterocycles. The van der Waals surface area contributed by atoms with Crippen LogP contribution in [0.1, 0.15) is 18.4 Å². The Morgan fingerprint density at radius 3 is 2.16 bits per heavy atom. The first-order valence-corrected chi connectivity index (χ1v) is 5.36. The molecule has 0 amide bonds. The van der Waals surface area contributed by atoms with Gasteiger partial charge in [-0.15, -0.1) is 12.6 Å². The minimum Gasteiger partial charge on any atom is -0.299 e. The van der Waals surface area contributed by atoms with Crippen molar-refractivity contribution in [2.45, 2.75) is 12.8 Å². The topological polar surface area (TPSA) is 120 Å². The van der Waals surface area contributed by atoms with Gasteiger partial charge in [-0.1, -0.05) is 0 Å². The van der Waals surface area contributed by atoms with Crippen LogP contribution in [0.2, 0.25) is 0 Å². The van der Waals surface area contributed by atoms with Crippen molar-refractivity contribution in [2.75, 3.05) is 0 Å². The SMILES string of the molecule is CC(=O)C(C(=O)S)c1ccc([N+](=O)[O-])cc1[N+](=O)[O-]. The van der Waals surface area contributed by atoms with Crippen molar-refractivity contribution in [1.82, 2.24) is 0 Å². The lowest BCUT2D eigenvalue weighted by atomic mass is 9.95. The number of carbonyl (C=O) groups is 2. The normalized spacial score (nSPS) is 11.7. The molecule has 0 heterocycles. The van der Waals surface area contributed by atoms with E-state index in [0.29, 0.717) is 6.07 Å². The molecule has 0 N–H and O–H groups in total. The van der Waals surface area contributed by atoms with Gasteiger partial charge in [-0.05, 0) is 13.0 Å². The highest BCUT2D eigenvalue weighted by atomic mass is 32.1. The molecule has 1 unspecified atom stereocenters. The number of thiol groups is 1. The molecule has 0 aliphatic heterocycles. The summed E-state index contributed by atoms with van der Waals surface area (Å²) in [6, 6.07) is 2.73. The zero-order valence-corrected chi connectivity index (χ0v) is 10.5. The minimum atomic E-state index is -1.41. The molecule has 0 saturated heterocycles. The summed E-state index contributed by atoms with van der Waals surface area (Å²) in [6.07, 6.45) is 0. The monoisotopic (exact) mass is 284 g/mol. The Bertz CT molecular complexity index is 571. The van der Waals surface area contributed by atoms with Crippen molar-refractivity contribution in [3.05, 3.63) is 44.0 Å². The molecule has 1 aromatic rings. The summed E-state index contributed by atoms with van der Waals surface area (Å²) in [5, 5.41) is 20.6. The number of nitro groups is 2. The Labute approximate surface area is 112 Å². The van der Waals surface area contributed by atoms with Crippen LogP contribution in [-0.2, 0) is 9.59 Å². The zero-order valence-electron chi connectivity index (χ0n) is 9.60. The lowest BCUT2D eigenvalue weighted by Crippen LogP contribution is -2.17. The van der Waals surface area contributed by atoms with Gasteiger partial charge in [0.25, 0.3) is 11.4 Å². The first kappa shape index (κ1) is 14.8. The lowest BCUT2D eigenvalue weighted by molar-refractivity contribution is -0.394. The number of ketones is 1. The number of non-ortho nitro benzene ring substituents is 1. The van der Waals surface area contributed by atoms with E-state index in [1.165, 1.54) is 0 Å². The van der Waals surface area contributed by atoms with Gasteiger partial charge in [-0.25, -0.2) is 0 Å². The number of hydrogen-bond donors (Lipinski definition) is 1. The van der Waals surface area contributed by atoms with Crippen LogP contribution in [0.25, 0.3) is 0 Å². The summed E-state index contributed by atoms with van der Waals surface area (Å²) >= 11 is 3.51. The number of benzene rings is 1. The number of carbonyl (C=O) groups excluding carboxylic acids is 2. The molecule has 1 rings (SSSR count). The van der Waals surface area contributed by atoms with E-state index in [2.05, 4.69) is 12.6 Å². The second kappa shape index (κ2) is 5.57. The Balaban J connectivity index is 3.50. The second-order valence-electron chi connectivity index (χ2n) is 3.64. The maximum atomic E-state index is 11.4. The summed E-state index contributed by atoms with van der Waals surface area (Å²) in [7, 11) is 0. The Hall–Kier alpha value is -2.29. The Morgan fingerprint density at radius 1 is 1.21 bits per heavy atom. The smallest absolute Gasteiger partial charge is 0.280 e. The number of hydrogen-bond acceptors (Lipinski definition) is 6. The van der Waals surface area contributed by atoms with Crippen LogP contribution in [0.5, 0.6) is 0 Å². The van der Waals surface area contributed by atoms with Crippen molar-refractivity contribution in [2.24, 2.45) is 0 Å². The quantitative estimate of drug-likeness (QED) is 0.379. The molecule has 0 radical (unpaired) electrons. The van der Waals surface area contributed by atoms with Gasteiger partial charge >= 0.3 is 0 Å². The molecule has 0 aliphatic rings. The third-order valence-electron chi connectivity index (χ3n) is 2.39. The Kier molecular flexibility index (Phi) is 4.33. The Morgan fingerprint density at radius 2 is 1.79 bits per heavy atom. The average molecular weight is 284 g/mol. The van der Waals surface area contributed by atoms with Gasteiger partial charge in [0.15, 0.2) is 0 Å². The van der Waals surface area contributed by atoms with E-state index in [4.69, 9.17) is 0 Å². The summed E-state index contributed by atoms with van der Waals surface area (Å²) in [5.41, 5.74) is -1.36. The molecule has 1 atom stereocenters. The number of nitrogens with zero attached hydrogens (tertiary/aromatic N) is 2. The molecule has 19 heavy (non-hydrogen) atoms. The molecule has 9 heteroatoms. The van der Waals surface area contributed by atoms with Gasteiger partial charge in [0.2, 0.25) is 5.12 Å². The molecule has 0 bridgehead atoms. The fourth-order valence-electron chi connectivity index (χ4n) is 1.57. The summed E-state index contributed by atoms with van der Waals surface area (Å²) in [4.78, 5) is 42.4. The van der Waals surface area contributed by atoms with Crippen LogP contribution >= 0.6 is 12.6 Å². The van der Waals surface area contributed by atoms with Crippen LogP contribution < -0.4 is 0 Å². The third-order valence-corrected chi connectivity index (χ3v) is 2.64. The predicted molar refractivity (Wildman–Crippen MR) is 67.2 cm³/mol. The summed E-state index contributed by atoms with van der Waals surface area (Å²) in [6.45, 7) is 1.09. The highest BCUT2D eigenvalue weighted by Crippen LogP contribution is 2.32. The third kappa shape index (κ3) is 3.13. The van der Waals surface area contributed by atoms with Gasteiger partial charge in [0.1, 0.15) is 11.7 Å². The summed E-state index contributed by atoms with van der Waals surface area (Å²) in [5.74, 6) is -2.04. The molecule has 100 valence electrons. The second-order valence-corrected chi connectivity index (χ2v) is 4.08. The molecule has 0 spiro atoms. The number of nitro benzene ring substituents is 2. The molecular weight excluding hydrogens is 276 g/mol. The summed E-state index contributed by atoms with van der Waals surface area (Å²) < 4.78 is 0. The van der Waals surface area contributed by atoms with E-state index in [-0.39, 0.29) is 5.56 Å². The van der Waals surface area contributed by atoms with E-state index < -0.39 is 38.0 Å². The van der Waals surface area contributed by atoms with Crippen molar-refractivity contribution in [1.29, 1.82) is 0 Å². The van der Waals surface area contributed by atoms with Gasteiger partial charge in [-0.3, -0.25) is 29.8 Å².